The highest BCUT2D eigenvalue weighted by atomic mass is 32.2. The number of rotatable bonds is 8. The minimum atomic E-state index is -3.59. The molecule has 0 unspecified atom stereocenters. The van der Waals surface area contributed by atoms with Crippen LogP contribution in [0.15, 0.2) is 33.5 Å². The maximum absolute atomic E-state index is 14.9. The first kappa shape index (κ1) is 25.4. The fourth-order valence-corrected chi connectivity index (χ4v) is 6.39. The number of anilines is 2. The number of carbonyl (C=O) groups excluding carboxylic acids is 1. The number of aromatic nitrogens is 1. The van der Waals surface area contributed by atoms with Crippen LogP contribution in [0.3, 0.4) is 0 Å². The number of aliphatic carboxylic acids is 1. The Kier molecular flexibility index (Phi) is 7.69. The number of thioether (sulfide) groups is 1. The molecule has 1 aromatic heterocycles. The lowest BCUT2D eigenvalue weighted by molar-refractivity contribution is -0.138. The van der Waals surface area contributed by atoms with Crippen LogP contribution in [0.4, 0.5) is 20.0 Å². The Hall–Kier alpha value is -2.18. The van der Waals surface area contributed by atoms with Crippen LogP contribution in [-0.4, -0.2) is 48.1 Å². The van der Waals surface area contributed by atoms with Crippen molar-refractivity contribution in [1.82, 2.24) is 4.98 Å². The number of carboxylic acid groups (broad SMARTS) is 1. The zero-order chi connectivity index (χ0) is 24.4. The van der Waals surface area contributed by atoms with E-state index in [9.17, 15) is 27.5 Å². The van der Waals surface area contributed by atoms with Crippen molar-refractivity contribution in [2.75, 3.05) is 23.0 Å². The number of halogens is 1. The van der Waals surface area contributed by atoms with Gasteiger partial charge in [-0.05, 0) is 50.8 Å². The lowest BCUT2D eigenvalue weighted by atomic mass is 10.1. The molecule has 1 saturated carbocycles. The molecule has 2 N–H and O–H groups in total. The largest absolute Gasteiger partial charge is 0.480 e. The number of carboxylic acids is 1. The third kappa shape index (κ3) is 6.45. The van der Waals surface area contributed by atoms with Crippen LogP contribution >= 0.6 is 23.1 Å². The van der Waals surface area contributed by atoms with E-state index >= 15 is 0 Å². The Morgan fingerprint density at radius 1 is 1.33 bits per heavy atom. The maximum Gasteiger partial charge on any atom is 0.328 e. The van der Waals surface area contributed by atoms with Gasteiger partial charge in [-0.1, -0.05) is 35.9 Å². The molecule has 1 aliphatic rings. The number of thiazole rings is 1. The summed E-state index contributed by atoms with van der Waals surface area (Å²) in [4.78, 5) is 29.8. The van der Waals surface area contributed by atoms with Gasteiger partial charge in [-0.3, -0.25) is 15.0 Å². The van der Waals surface area contributed by atoms with Gasteiger partial charge in [-0.15, -0.1) is 0 Å². The number of carbonyl (C=O) groups is 2. The summed E-state index contributed by atoms with van der Waals surface area (Å²) in [6.45, 7) is 3.44. The molecule has 33 heavy (non-hydrogen) atoms. The average molecular weight is 516 g/mol. The van der Waals surface area contributed by atoms with Crippen LogP contribution in [0, 0.1) is 11.7 Å². The molecular weight excluding hydrogens is 489 g/mol. The first-order valence-corrected chi connectivity index (χ1v) is 13.9. The van der Waals surface area contributed by atoms with Gasteiger partial charge in [0.05, 0.1) is 21.0 Å². The van der Waals surface area contributed by atoms with E-state index in [1.807, 2.05) is 0 Å². The number of hydrogen-bond acceptors (Lipinski definition) is 7. The SMILES string of the molecule is CC(C)(Sc1cnc(NC(=O)N(CC2CCCC2)c2ccc(S(C)(=O)=O)cc2F)s1)C(=O)O. The van der Waals surface area contributed by atoms with Gasteiger partial charge in [0, 0.05) is 12.8 Å². The Labute approximate surface area is 200 Å². The lowest BCUT2D eigenvalue weighted by Crippen LogP contribution is -2.38. The molecule has 0 atom stereocenters. The molecule has 0 spiro atoms. The van der Waals surface area contributed by atoms with Gasteiger partial charge in [0.15, 0.2) is 15.0 Å². The van der Waals surface area contributed by atoms with Crippen LogP contribution in [0.5, 0.6) is 0 Å². The van der Waals surface area contributed by atoms with Crippen molar-refractivity contribution in [1.29, 1.82) is 0 Å². The fraction of sp³-hybridized carbons (Fsp3) is 0.476. The molecule has 1 fully saturated rings. The molecule has 8 nitrogen and oxygen atoms in total. The summed E-state index contributed by atoms with van der Waals surface area (Å²) in [7, 11) is -3.59. The second-order valence-electron chi connectivity index (χ2n) is 8.48. The molecule has 0 bridgehead atoms. The van der Waals surface area contributed by atoms with Gasteiger partial charge >= 0.3 is 12.0 Å². The summed E-state index contributed by atoms with van der Waals surface area (Å²) in [5.41, 5.74) is -0.00929. The van der Waals surface area contributed by atoms with Gasteiger partial charge in [0.1, 0.15) is 10.6 Å². The predicted octanol–water partition coefficient (Wildman–Crippen LogP) is 4.87. The minimum absolute atomic E-state index is 0.00929. The van der Waals surface area contributed by atoms with E-state index in [1.165, 1.54) is 23.2 Å². The van der Waals surface area contributed by atoms with Crippen LogP contribution < -0.4 is 10.2 Å². The summed E-state index contributed by atoms with van der Waals surface area (Å²) in [6.07, 6.45) is 6.42. The smallest absolute Gasteiger partial charge is 0.328 e. The van der Waals surface area contributed by atoms with Crippen LogP contribution in [0.25, 0.3) is 0 Å². The van der Waals surface area contributed by atoms with E-state index in [1.54, 1.807) is 13.8 Å². The summed E-state index contributed by atoms with van der Waals surface area (Å²) in [5, 5.41) is 12.2. The monoisotopic (exact) mass is 515 g/mol. The summed E-state index contributed by atoms with van der Waals surface area (Å²) >= 11 is 2.24. The first-order chi connectivity index (χ1) is 15.4. The predicted molar refractivity (Wildman–Crippen MR) is 128 cm³/mol. The molecule has 0 radical (unpaired) electrons. The van der Waals surface area contributed by atoms with E-state index in [0.717, 1.165) is 61.1 Å². The summed E-state index contributed by atoms with van der Waals surface area (Å²) < 4.78 is 38.0. The quantitative estimate of drug-likeness (QED) is 0.482. The standard InChI is InChI=1S/C21H26FN3O5S3/c1-21(2,18(26)27)32-17-11-23-19(31-17)24-20(28)25(12-13-6-4-5-7-13)16-9-8-14(10-15(16)22)33(3,29)30/h8-11,13H,4-7,12H2,1-3H3,(H,26,27)(H,23,24,28). The number of amides is 2. The Balaban J connectivity index is 1.83. The minimum Gasteiger partial charge on any atom is -0.480 e. The Morgan fingerprint density at radius 2 is 2.00 bits per heavy atom. The highest BCUT2D eigenvalue weighted by Crippen LogP contribution is 2.38. The van der Waals surface area contributed by atoms with Crippen molar-refractivity contribution in [2.45, 2.75) is 53.4 Å². The molecular formula is C21H26FN3O5S3. The lowest BCUT2D eigenvalue weighted by Gasteiger charge is -2.26. The van der Waals surface area contributed by atoms with Crippen LogP contribution in [-0.2, 0) is 14.6 Å². The maximum atomic E-state index is 14.9. The van der Waals surface area contributed by atoms with Crippen molar-refractivity contribution < 1.29 is 27.5 Å². The van der Waals surface area contributed by atoms with Crippen LogP contribution in [0.2, 0.25) is 0 Å². The van der Waals surface area contributed by atoms with Crippen molar-refractivity contribution in [2.24, 2.45) is 5.92 Å². The highest BCUT2D eigenvalue weighted by Gasteiger charge is 2.30. The number of benzene rings is 1. The van der Waals surface area contributed by atoms with Crippen LogP contribution in [0.1, 0.15) is 39.5 Å². The zero-order valence-electron chi connectivity index (χ0n) is 18.5. The number of urea groups is 1. The Bertz CT molecular complexity index is 1140. The topological polar surface area (TPSA) is 117 Å². The molecule has 2 amide bonds. The second-order valence-corrected chi connectivity index (χ2v) is 13.4. The Morgan fingerprint density at radius 3 is 2.58 bits per heavy atom. The van der Waals surface area contributed by atoms with Gasteiger partial charge in [0.2, 0.25) is 0 Å². The molecule has 0 aliphatic heterocycles. The van der Waals surface area contributed by atoms with Gasteiger partial charge in [-0.2, -0.15) is 0 Å². The number of nitrogens with zero attached hydrogens (tertiary/aromatic N) is 2. The van der Waals surface area contributed by atoms with E-state index in [-0.39, 0.29) is 21.6 Å². The molecule has 12 heteroatoms. The second kappa shape index (κ2) is 9.98. The van der Waals surface area contributed by atoms with Crippen molar-refractivity contribution >= 4 is 55.8 Å². The summed E-state index contributed by atoms with van der Waals surface area (Å²) in [6, 6.07) is 2.93. The molecule has 1 aromatic carbocycles. The zero-order valence-corrected chi connectivity index (χ0v) is 20.9. The number of hydrogen-bond donors (Lipinski definition) is 2. The number of nitrogens with one attached hydrogen (secondary N) is 1. The third-order valence-corrected chi connectivity index (χ3v) is 8.68. The van der Waals surface area contributed by atoms with E-state index in [2.05, 4.69) is 10.3 Å². The molecule has 3 rings (SSSR count). The molecule has 1 heterocycles. The highest BCUT2D eigenvalue weighted by molar-refractivity contribution is 8.03. The number of sulfone groups is 1. The molecule has 0 saturated heterocycles. The molecule has 2 aromatic rings. The average Bonchev–Trinajstić information content (AvgIpc) is 3.37. The van der Waals surface area contributed by atoms with E-state index in [0.29, 0.717) is 10.8 Å². The third-order valence-electron chi connectivity index (χ3n) is 5.37. The fourth-order valence-electron chi connectivity index (χ4n) is 3.50. The van der Waals surface area contributed by atoms with E-state index < -0.39 is 32.4 Å². The molecule has 180 valence electrons. The van der Waals surface area contributed by atoms with Crippen molar-refractivity contribution in [3.05, 3.63) is 30.2 Å². The van der Waals surface area contributed by atoms with Gasteiger partial charge in [-0.25, -0.2) is 22.6 Å². The summed E-state index contributed by atoms with van der Waals surface area (Å²) in [5.74, 6) is -1.56. The van der Waals surface area contributed by atoms with Crippen molar-refractivity contribution in [3.63, 3.8) is 0 Å². The van der Waals surface area contributed by atoms with Gasteiger partial charge in [0.25, 0.3) is 0 Å². The molecule has 1 aliphatic carbocycles. The van der Waals surface area contributed by atoms with Crippen molar-refractivity contribution in [3.8, 4) is 0 Å². The van der Waals surface area contributed by atoms with E-state index in [4.69, 9.17) is 0 Å². The van der Waals surface area contributed by atoms with Gasteiger partial charge < -0.3 is 5.11 Å². The normalized spacial score (nSPS) is 14.9. The first-order valence-electron chi connectivity index (χ1n) is 10.3.